The predicted molar refractivity (Wildman–Crippen MR) is 52.7 cm³/mol. The molecular weight excluding hydrogens is 178 g/mol. The Morgan fingerprint density at radius 3 is 2.29 bits per heavy atom. The van der Waals surface area contributed by atoms with Crippen LogP contribution >= 0.6 is 0 Å². The molecule has 80 valence electrons. The van der Waals surface area contributed by atoms with E-state index in [0.29, 0.717) is 11.3 Å². The first kappa shape index (κ1) is 9.13. The maximum absolute atomic E-state index is 5.86. The first-order valence-corrected chi connectivity index (χ1v) is 5.77. The van der Waals surface area contributed by atoms with Crippen LogP contribution in [0.25, 0.3) is 0 Å². The van der Waals surface area contributed by atoms with Crippen molar-refractivity contribution >= 4 is 0 Å². The largest absolute Gasteiger partial charge is 0.348 e. The van der Waals surface area contributed by atoms with Crippen molar-refractivity contribution in [1.29, 1.82) is 0 Å². The zero-order chi connectivity index (χ0) is 9.65. The Labute approximate surface area is 84.9 Å². The summed E-state index contributed by atoms with van der Waals surface area (Å²) in [7, 11) is 0. The topological polar surface area (TPSA) is 44.5 Å². The van der Waals surface area contributed by atoms with E-state index in [4.69, 9.17) is 15.2 Å². The van der Waals surface area contributed by atoms with Crippen LogP contribution in [0.15, 0.2) is 0 Å². The summed E-state index contributed by atoms with van der Waals surface area (Å²) in [6.45, 7) is 2.34. The Bertz CT molecular complexity index is 231. The van der Waals surface area contributed by atoms with E-state index in [9.17, 15) is 0 Å². The zero-order valence-electron chi connectivity index (χ0n) is 8.63. The van der Waals surface area contributed by atoms with Gasteiger partial charge in [-0.1, -0.05) is 0 Å². The fourth-order valence-electron chi connectivity index (χ4n) is 3.25. The van der Waals surface area contributed by atoms with Crippen LogP contribution in [0, 0.1) is 11.3 Å². The third-order valence-corrected chi connectivity index (χ3v) is 4.42. The van der Waals surface area contributed by atoms with Crippen LogP contribution in [0.2, 0.25) is 0 Å². The lowest BCUT2D eigenvalue weighted by Gasteiger charge is -2.41. The summed E-state index contributed by atoms with van der Waals surface area (Å²) in [6.07, 6.45) is 6.14. The minimum Gasteiger partial charge on any atom is -0.348 e. The molecule has 1 saturated heterocycles. The molecule has 3 aliphatic rings. The summed E-state index contributed by atoms with van der Waals surface area (Å²) < 4.78 is 11.5. The number of hydrogen-bond donors (Lipinski definition) is 1. The van der Waals surface area contributed by atoms with E-state index < -0.39 is 0 Å². The first-order chi connectivity index (χ1) is 6.79. The van der Waals surface area contributed by atoms with Crippen LogP contribution in [0.5, 0.6) is 0 Å². The van der Waals surface area contributed by atoms with E-state index in [1.807, 2.05) is 0 Å². The van der Waals surface area contributed by atoms with Gasteiger partial charge in [0.1, 0.15) is 0 Å². The van der Waals surface area contributed by atoms with E-state index in [1.165, 1.54) is 19.3 Å². The number of hydrogen-bond acceptors (Lipinski definition) is 3. The van der Waals surface area contributed by atoms with Gasteiger partial charge >= 0.3 is 0 Å². The molecule has 0 aromatic heterocycles. The van der Waals surface area contributed by atoms with Crippen molar-refractivity contribution < 1.29 is 9.47 Å². The van der Waals surface area contributed by atoms with E-state index >= 15 is 0 Å². The summed E-state index contributed by atoms with van der Waals surface area (Å²) in [6, 6.07) is 0. The summed E-state index contributed by atoms with van der Waals surface area (Å²) >= 11 is 0. The number of nitrogens with two attached hydrogens (primary N) is 1. The molecule has 1 atom stereocenters. The van der Waals surface area contributed by atoms with E-state index in [2.05, 4.69) is 0 Å². The van der Waals surface area contributed by atoms with Gasteiger partial charge in [-0.2, -0.15) is 0 Å². The molecule has 1 heterocycles. The lowest BCUT2D eigenvalue weighted by molar-refractivity contribution is -0.196. The molecule has 3 fully saturated rings. The standard InChI is InChI=1S/C11H19NO2/c12-8-9-7-11(13-5-6-14-11)4-3-10(9)1-2-10/h9H,1-8,12H2. The summed E-state index contributed by atoms with van der Waals surface area (Å²) in [4.78, 5) is 0. The van der Waals surface area contributed by atoms with Gasteiger partial charge in [0.2, 0.25) is 0 Å². The Morgan fingerprint density at radius 1 is 1.07 bits per heavy atom. The SMILES string of the molecule is NCC1CC2(CCC13CC3)OCCO2. The Morgan fingerprint density at radius 2 is 1.71 bits per heavy atom. The minimum atomic E-state index is -0.238. The third-order valence-electron chi connectivity index (χ3n) is 4.42. The monoisotopic (exact) mass is 197 g/mol. The van der Waals surface area contributed by atoms with E-state index in [1.54, 1.807) is 0 Å². The predicted octanol–water partition coefficient (Wildman–Crippen LogP) is 1.27. The highest BCUT2D eigenvalue weighted by Crippen LogP contribution is 2.61. The van der Waals surface area contributed by atoms with Gasteiger partial charge in [0, 0.05) is 12.8 Å². The molecule has 0 aromatic carbocycles. The third kappa shape index (κ3) is 1.23. The minimum absolute atomic E-state index is 0.238. The zero-order valence-corrected chi connectivity index (χ0v) is 8.63. The van der Waals surface area contributed by atoms with Gasteiger partial charge in [0.05, 0.1) is 13.2 Å². The highest BCUT2D eigenvalue weighted by atomic mass is 16.7. The molecule has 2 spiro atoms. The molecule has 3 nitrogen and oxygen atoms in total. The van der Waals surface area contributed by atoms with Crippen molar-refractivity contribution in [1.82, 2.24) is 0 Å². The van der Waals surface area contributed by atoms with Crippen LogP contribution in [0.4, 0.5) is 0 Å². The quantitative estimate of drug-likeness (QED) is 0.688. The average molecular weight is 197 g/mol. The number of ether oxygens (including phenoxy) is 2. The summed E-state index contributed by atoms with van der Waals surface area (Å²) in [5.41, 5.74) is 6.45. The van der Waals surface area contributed by atoms with E-state index in [-0.39, 0.29) is 5.79 Å². The molecule has 0 amide bonds. The fraction of sp³-hybridized carbons (Fsp3) is 1.00. The molecule has 2 N–H and O–H groups in total. The fourth-order valence-corrected chi connectivity index (χ4v) is 3.25. The molecular formula is C11H19NO2. The van der Waals surface area contributed by atoms with Crippen LogP contribution in [0.1, 0.15) is 32.1 Å². The van der Waals surface area contributed by atoms with Crippen molar-refractivity contribution in [2.24, 2.45) is 17.1 Å². The van der Waals surface area contributed by atoms with Crippen molar-refractivity contribution in [3.63, 3.8) is 0 Å². The average Bonchev–Trinajstić information content (AvgIpc) is 2.86. The molecule has 14 heavy (non-hydrogen) atoms. The maximum atomic E-state index is 5.86. The van der Waals surface area contributed by atoms with Gasteiger partial charge in [-0.05, 0) is 37.1 Å². The summed E-state index contributed by atoms with van der Waals surface area (Å²) in [5, 5.41) is 0. The highest BCUT2D eigenvalue weighted by Gasteiger charge is 2.56. The Hall–Kier alpha value is -0.120. The van der Waals surface area contributed by atoms with Crippen molar-refractivity contribution in [3.8, 4) is 0 Å². The second-order valence-electron chi connectivity index (χ2n) is 5.11. The molecule has 3 heteroatoms. The van der Waals surface area contributed by atoms with Crippen LogP contribution < -0.4 is 5.73 Å². The van der Waals surface area contributed by atoms with Crippen LogP contribution in [-0.4, -0.2) is 25.5 Å². The summed E-state index contributed by atoms with van der Waals surface area (Å²) in [5.74, 6) is 0.395. The molecule has 1 aliphatic heterocycles. The lowest BCUT2D eigenvalue weighted by atomic mass is 9.73. The molecule has 1 unspecified atom stereocenters. The van der Waals surface area contributed by atoms with Gasteiger partial charge in [-0.15, -0.1) is 0 Å². The first-order valence-electron chi connectivity index (χ1n) is 5.77. The maximum Gasteiger partial charge on any atom is 0.168 e. The van der Waals surface area contributed by atoms with Crippen molar-refractivity contribution in [3.05, 3.63) is 0 Å². The van der Waals surface area contributed by atoms with Crippen LogP contribution in [0.3, 0.4) is 0 Å². The normalized spacial score (nSPS) is 37.9. The highest BCUT2D eigenvalue weighted by molar-refractivity contribution is 5.04. The van der Waals surface area contributed by atoms with Crippen LogP contribution in [-0.2, 0) is 9.47 Å². The Balaban J connectivity index is 1.75. The molecule has 0 radical (unpaired) electrons. The second kappa shape index (κ2) is 2.94. The van der Waals surface area contributed by atoms with Gasteiger partial charge in [-0.3, -0.25) is 0 Å². The van der Waals surface area contributed by atoms with Gasteiger partial charge in [0.15, 0.2) is 5.79 Å². The smallest absolute Gasteiger partial charge is 0.168 e. The Kier molecular flexibility index (Phi) is 1.92. The van der Waals surface area contributed by atoms with Crippen molar-refractivity contribution in [2.75, 3.05) is 19.8 Å². The molecule has 3 rings (SSSR count). The van der Waals surface area contributed by atoms with E-state index in [0.717, 1.165) is 32.6 Å². The molecule has 0 aromatic rings. The van der Waals surface area contributed by atoms with Gasteiger partial charge in [0.25, 0.3) is 0 Å². The number of rotatable bonds is 1. The molecule has 0 bridgehead atoms. The molecule has 2 aliphatic carbocycles. The lowest BCUT2D eigenvalue weighted by Crippen LogP contribution is -2.43. The molecule has 2 saturated carbocycles. The van der Waals surface area contributed by atoms with Gasteiger partial charge in [-0.25, -0.2) is 0 Å². The van der Waals surface area contributed by atoms with Crippen molar-refractivity contribution in [2.45, 2.75) is 37.9 Å². The van der Waals surface area contributed by atoms with Gasteiger partial charge < -0.3 is 15.2 Å². The second-order valence-corrected chi connectivity index (χ2v) is 5.11.